The van der Waals surface area contributed by atoms with Gasteiger partial charge in [0.2, 0.25) is 0 Å². The van der Waals surface area contributed by atoms with E-state index >= 15 is 0 Å². The van der Waals surface area contributed by atoms with E-state index in [-0.39, 0.29) is 17.8 Å². The van der Waals surface area contributed by atoms with Crippen LogP contribution in [0, 0.1) is 5.82 Å². The number of ether oxygens (including phenoxy) is 3. The molecule has 1 amide bonds. The van der Waals surface area contributed by atoms with Gasteiger partial charge in [-0.2, -0.15) is 0 Å². The minimum atomic E-state index is -0.297. The summed E-state index contributed by atoms with van der Waals surface area (Å²) in [6, 6.07) is 25.6. The Bertz CT molecular complexity index is 1600. The Balaban J connectivity index is 1.29. The zero-order valence-corrected chi connectivity index (χ0v) is 25.4. The lowest BCUT2D eigenvalue weighted by Gasteiger charge is -2.31. The molecule has 44 heavy (non-hydrogen) atoms. The van der Waals surface area contributed by atoms with E-state index in [1.807, 2.05) is 60.7 Å². The van der Waals surface area contributed by atoms with Crippen LogP contribution in [0.4, 0.5) is 4.39 Å². The van der Waals surface area contributed by atoms with Crippen LogP contribution in [0.2, 0.25) is 0 Å². The second kappa shape index (κ2) is 14.7. The van der Waals surface area contributed by atoms with E-state index in [0.717, 1.165) is 71.8 Å². The molecule has 0 aromatic heterocycles. The van der Waals surface area contributed by atoms with E-state index in [1.54, 1.807) is 32.4 Å². The van der Waals surface area contributed by atoms with Gasteiger partial charge in [0, 0.05) is 37.3 Å². The van der Waals surface area contributed by atoms with Gasteiger partial charge in [-0.25, -0.2) is 4.39 Å². The fourth-order valence-electron chi connectivity index (χ4n) is 5.63. The van der Waals surface area contributed by atoms with Crippen LogP contribution < -0.4 is 19.5 Å². The maximum atomic E-state index is 14.2. The molecule has 0 radical (unpaired) electrons. The van der Waals surface area contributed by atoms with Gasteiger partial charge in [0.1, 0.15) is 29.2 Å². The Kier molecular flexibility index (Phi) is 10.3. The van der Waals surface area contributed by atoms with Crippen molar-refractivity contribution in [2.24, 2.45) is 0 Å². The van der Waals surface area contributed by atoms with E-state index in [0.29, 0.717) is 24.3 Å². The second-order valence-corrected chi connectivity index (χ2v) is 10.9. The van der Waals surface area contributed by atoms with Crippen molar-refractivity contribution in [1.82, 2.24) is 10.2 Å². The van der Waals surface area contributed by atoms with Gasteiger partial charge in [0.15, 0.2) is 0 Å². The third-order valence-electron chi connectivity index (χ3n) is 7.96. The zero-order valence-electron chi connectivity index (χ0n) is 25.4. The molecule has 0 bridgehead atoms. The van der Waals surface area contributed by atoms with Crippen LogP contribution in [-0.4, -0.2) is 57.3 Å². The fraction of sp³-hybridized carbons (Fsp3) is 0.270. The molecule has 0 unspecified atom stereocenters. The molecule has 7 heteroatoms. The molecule has 0 atom stereocenters. The van der Waals surface area contributed by atoms with Crippen LogP contribution >= 0.6 is 0 Å². The average Bonchev–Trinajstić information content (AvgIpc) is 3.06. The molecule has 1 aliphatic rings. The fourth-order valence-corrected chi connectivity index (χ4v) is 5.63. The van der Waals surface area contributed by atoms with Crippen molar-refractivity contribution in [2.45, 2.75) is 25.4 Å². The molecule has 1 saturated heterocycles. The molecule has 4 aromatic rings. The molecule has 1 aliphatic heterocycles. The van der Waals surface area contributed by atoms with Crippen LogP contribution in [-0.2, 0) is 6.42 Å². The van der Waals surface area contributed by atoms with Crippen LogP contribution in [0.15, 0.2) is 97.6 Å². The van der Waals surface area contributed by atoms with Crippen molar-refractivity contribution in [3.05, 3.63) is 115 Å². The minimum Gasteiger partial charge on any atom is -0.497 e. The molecule has 1 N–H and O–H groups in total. The van der Waals surface area contributed by atoms with Gasteiger partial charge >= 0.3 is 0 Å². The molecule has 5 rings (SSSR count). The number of halogens is 1. The first kappa shape index (κ1) is 30.8. The quantitative estimate of drug-likeness (QED) is 0.176. The third kappa shape index (κ3) is 7.66. The summed E-state index contributed by atoms with van der Waals surface area (Å²) in [6.45, 7) is 7.08. The topological polar surface area (TPSA) is 60.0 Å². The molecule has 0 aliphatic carbocycles. The van der Waals surface area contributed by atoms with E-state index in [9.17, 15) is 9.18 Å². The van der Waals surface area contributed by atoms with Crippen molar-refractivity contribution in [1.29, 1.82) is 0 Å². The molecular weight excluding hydrogens is 555 g/mol. The van der Waals surface area contributed by atoms with Gasteiger partial charge in [0.25, 0.3) is 5.91 Å². The molecular formula is C37H39FN2O4. The first-order chi connectivity index (χ1) is 21.5. The minimum absolute atomic E-state index is 0.132. The summed E-state index contributed by atoms with van der Waals surface area (Å²) in [6.07, 6.45) is 4.53. The number of hydrogen-bond donors (Lipinski definition) is 1. The highest BCUT2D eigenvalue weighted by atomic mass is 19.1. The monoisotopic (exact) mass is 594 g/mol. The van der Waals surface area contributed by atoms with Crippen molar-refractivity contribution >= 4 is 5.91 Å². The Labute approximate surface area is 259 Å². The maximum absolute atomic E-state index is 14.2. The predicted octanol–water partition coefficient (Wildman–Crippen LogP) is 7.18. The number of amides is 1. The first-order valence-electron chi connectivity index (χ1n) is 15.0. The summed E-state index contributed by atoms with van der Waals surface area (Å²) in [5.41, 5.74) is 4.88. The number of carbonyl (C=O) groups is 1. The normalized spacial score (nSPS) is 13.7. The van der Waals surface area contributed by atoms with E-state index in [4.69, 9.17) is 14.2 Å². The molecule has 228 valence electrons. The standard InChI is InChI=1S/C37H39FN2O4/c1-4-19-40-20-16-31(17-21-40)44-33-13-11-26(34(25-33)27-7-5-9-30(38)22-27)15-18-39-37(41)29-12-14-36(43-3)35(24-29)28-8-6-10-32(23-28)42-2/h4-14,22-25,31H,1,15-21H2,2-3H3,(H,39,41). The summed E-state index contributed by atoms with van der Waals surface area (Å²) >= 11 is 0. The van der Waals surface area contributed by atoms with E-state index < -0.39 is 0 Å². The van der Waals surface area contributed by atoms with E-state index in [1.165, 1.54) is 12.1 Å². The van der Waals surface area contributed by atoms with Gasteiger partial charge < -0.3 is 19.5 Å². The number of rotatable bonds is 12. The summed E-state index contributed by atoms with van der Waals surface area (Å²) in [4.78, 5) is 15.6. The van der Waals surface area contributed by atoms with Gasteiger partial charge in [-0.1, -0.05) is 36.4 Å². The molecule has 1 fully saturated rings. The first-order valence-corrected chi connectivity index (χ1v) is 15.0. The number of piperidine rings is 1. The van der Waals surface area contributed by atoms with Crippen molar-refractivity contribution in [3.63, 3.8) is 0 Å². The number of nitrogens with one attached hydrogen (secondary N) is 1. The smallest absolute Gasteiger partial charge is 0.251 e. The largest absolute Gasteiger partial charge is 0.497 e. The van der Waals surface area contributed by atoms with Crippen LogP contribution in [0.1, 0.15) is 28.8 Å². The van der Waals surface area contributed by atoms with Gasteiger partial charge in [-0.05, 0) is 96.1 Å². The molecule has 6 nitrogen and oxygen atoms in total. The number of nitrogens with zero attached hydrogens (tertiary/aromatic N) is 1. The lowest BCUT2D eigenvalue weighted by molar-refractivity contribution is 0.0954. The van der Waals surface area contributed by atoms with Crippen molar-refractivity contribution in [3.8, 4) is 39.5 Å². The maximum Gasteiger partial charge on any atom is 0.251 e. The van der Waals surface area contributed by atoms with Gasteiger partial charge in [0.05, 0.1) is 14.2 Å². The van der Waals surface area contributed by atoms with Crippen molar-refractivity contribution < 1.29 is 23.4 Å². The molecule has 1 heterocycles. The summed E-state index contributed by atoms with van der Waals surface area (Å²) in [5.74, 6) is 1.67. The van der Waals surface area contributed by atoms with Gasteiger partial charge in [-0.15, -0.1) is 6.58 Å². The number of methoxy groups -OCH3 is 2. The average molecular weight is 595 g/mol. The summed E-state index contributed by atoms with van der Waals surface area (Å²) in [7, 11) is 3.23. The van der Waals surface area contributed by atoms with Crippen molar-refractivity contribution in [2.75, 3.05) is 40.4 Å². The third-order valence-corrected chi connectivity index (χ3v) is 7.96. The highest BCUT2D eigenvalue weighted by molar-refractivity contribution is 5.96. The second-order valence-electron chi connectivity index (χ2n) is 10.9. The Morgan fingerprint density at radius 1 is 0.909 bits per heavy atom. The van der Waals surface area contributed by atoms with Crippen LogP contribution in [0.5, 0.6) is 17.2 Å². The Morgan fingerprint density at radius 2 is 1.68 bits per heavy atom. The molecule has 0 spiro atoms. The van der Waals surface area contributed by atoms with Gasteiger partial charge in [-0.3, -0.25) is 9.69 Å². The Hall–Kier alpha value is -4.62. The van der Waals surface area contributed by atoms with Crippen LogP contribution in [0.3, 0.4) is 0 Å². The highest BCUT2D eigenvalue weighted by Gasteiger charge is 2.20. The molecule has 4 aromatic carbocycles. The van der Waals surface area contributed by atoms with Crippen LogP contribution in [0.25, 0.3) is 22.3 Å². The zero-order chi connectivity index (χ0) is 30.9. The SMILES string of the molecule is C=CCN1CCC(Oc2ccc(CCNC(=O)c3ccc(OC)c(-c4cccc(OC)c4)c3)c(-c3cccc(F)c3)c2)CC1. The van der Waals surface area contributed by atoms with E-state index in [2.05, 4.69) is 16.8 Å². The highest BCUT2D eigenvalue weighted by Crippen LogP contribution is 2.33. The predicted molar refractivity (Wildman–Crippen MR) is 173 cm³/mol. The number of carbonyl (C=O) groups excluding carboxylic acids is 1. The lowest BCUT2D eigenvalue weighted by atomic mass is 9.97. The summed E-state index contributed by atoms with van der Waals surface area (Å²) < 4.78 is 31.6. The lowest BCUT2D eigenvalue weighted by Crippen LogP contribution is -2.38. The number of hydrogen-bond acceptors (Lipinski definition) is 5. The Morgan fingerprint density at radius 3 is 2.41 bits per heavy atom. The number of likely N-dealkylation sites (tertiary alicyclic amines) is 1. The number of benzene rings is 4. The summed E-state index contributed by atoms with van der Waals surface area (Å²) in [5, 5.41) is 3.05. The molecule has 0 saturated carbocycles.